The summed E-state index contributed by atoms with van der Waals surface area (Å²) in [7, 11) is 0. The van der Waals surface area contributed by atoms with Crippen molar-refractivity contribution in [3.05, 3.63) is 24.3 Å². The second kappa shape index (κ2) is 76.8. The third-order valence-corrected chi connectivity index (χ3v) is 19.0. The zero-order valence-electron chi connectivity index (χ0n) is 59.3. The summed E-state index contributed by atoms with van der Waals surface area (Å²) >= 11 is 0. The summed E-state index contributed by atoms with van der Waals surface area (Å²) in [6.07, 6.45) is 98.5. The van der Waals surface area contributed by atoms with Crippen molar-refractivity contribution in [1.82, 2.24) is 5.32 Å². The third-order valence-electron chi connectivity index (χ3n) is 19.0. The highest BCUT2D eigenvalue weighted by Gasteiger charge is 2.20. The second-order valence-electron chi connectivity index (χ2n) is 27.7. The van der Waals surface area contributed by atoms with E-state index in [2.05, 4.69) is 43.5 Å². The van der Waals surface area contributed by atoms with Crippen LogP contribution in [0, 0.1) is 0 Å². The lowest BCUT2D eigenvalue weighted by molar-refractivity contribution is -0.143. The number of allylic oxidation sites excluding steroid dienone is 4. The molecule has 0 aromatic carbocycles. The number of hydrogen-bond donors (Lipinski definition) is 3. The molecule has 6 heteroatoms. The Hall–Kier alpha value is -1.66. The number of hydrogen-bond acceptors (Lipinski definition) is 5. The molecule has 516 valence electrons. The van der Waals surface area contributed by atoms with Gasteiger partial charge in [-0.1, -0.05) is 391 Å². The van der Waals surface area contributed by atoms with Gasteiger partial charge in [0.1, 0.15) is 0 Å². The van der Waals surface area contributed by atoms with E-state index in [0.717, 1.165) is 44.9 Å². The largest absolute Gasteiger partial charge is 0.466 e. The van der Waals surface area contributed by atoms with Gasteiger partial charge in [-0.05, 0) is 77.0 Å². The van der Waals surface area contributed by atoms with Gasteiger partial charge in [0.15, 0.2) is 0 Å². The van der Waals surface area contributed by atoms with Crippen molar-refractivity contribution in [2.75, 3.05) is 13.2 Å². The van der Waals surface area contributed by atoms with Crippen LogP contribution in [0.2, 0.25) is 0 Å². The van der Waals surface area contributed by atoms with Crippen LogP contribution < -0.4 is 5.32 Å². The summed E-state index contributed by atoms with van der Waals surface area (Å²) in [5.74, 6) is -0.0165. The quantitative estimate of drug-likeness (QED) is 0.0320. The molecule has 0 fully saturated rings. The first-order chi connectivity index (χ1) is 43.0. The Labute approximate surface area is 545 Å². The highest BCUT2D eigenvalue weighted by molar-refractivity contribution is 5.76. The summed E-state index contributed by atoms with van der Waals surface area (Å²) in [4.78, 5) is 24.6. The number of rotatable bonds is 76. The number of aliphatic hydroxyl groups is 2. The van der Waals surface area contributed by atoms with Gasteiger partial charge in [-0.15, -0.1) is 0 Å². The number of unbranched alkanes of at least 4 members (excludes halogenated alkanes) is 61. The Morgan fingerprint density at radius 1 is 0.310 bits per heavy atom. The standard InChI is InChI=1S/C81H157NO5/c1-3-5-7-9-11-13-15-17-18-19-20-21-22-31-34-37-40-43-46-50-53-57-61-65-69-73-79(84)78(77-83)82-80(85)74-70-66-62-58-54-51-47-44-41-38-35-32-29-27-25-23-24-26-28-30-33-36-39-42-45-48-52-56-60-64-68-72-76-87-81(86)75-71-67-63-59-55-49-16-14-12-10-8-6-4-2/h14,16,26,28,78-79,83-84H,3-13,15,17-25,27,29-77H2,1-2H3,(H,82,85)/b16-14-,28-26-. The van der Waals surface area contributed by atoms with Crippen molar-refractivity contribution in [2.24, 2.45) is 0 Å². The first kappa shape index (κ1) is 85.3. The monoisotopic (exact) mass is 1220 g/mol. The van der Waals surface area contributed by atoms with Gasteiger partial charge < -0.3 is 20.3 Å². The number of carbonyl (C=O) groups excluding carboxylic acids is 2. The van der Waals surface area contributed by atoms with Crippen LogP contribution in [0.15, 0.2) is 24.3 Å². The Morgan fingerprint density at radius 2 is 0.540 bits per heavy atom. The van der Waals surface area contributed by atoms with E-state index in [0.29, 0.717) is 25.9 Å². The molecule has 0 spiro atoms. The minimum absolute atomic E-state index is 0.00989. The first-order valence-electron chi connectivity index (χ1n) is 40.1. The van der Waals surface area contributed by atoms with Crippen molar-refractivity contribution in [1.29, 1.82) is 0 Å². The molecule has 0 heterocycles. The van der Waals surface area contributed by atoms with Gasteiger partial charge in [0, 0.05) is 12.8 Å². The fourth-order valence-electron chi connectivity index (χ4n) is 12.9. The molecule has 0 saturated heterocycles. The second-order valence-corrected chi connectivity index (χ2v) is 27.7. The van der Waals surface area contributed by atoms with Crippen LogP contribution in [0.1, 0.15) is 457 Å². The lowest BCUT2D eigenvalue weighted by Crippen LogP contribution is -2.45. The van der Waals surface area contributed by atoms with E-state index in [4.69, 9.17) is 4.74 Å². The van der Waals surface area contributed by atoms with E-state index in [1.807, 2.05) is 0 Å². The van der Waals surface area contributed by atoms with Gasteiger partial charge in [0.2, 0.25) is 5.91 Å². The van der Waals surface area contributed by atoms with Gasteiger partial charge in [0.05, 0.1) is 25.4 Å². The average Bonchev–Trinajstić information content (AvgIpc) is 3.54. The highest BCUT2D eigenvalue weighted by atomic mass is 16.5. The molecule has 0 saturated carbocycles. The summed E-state index contributed by atoms with van der Waals surface area (Å²) in [5, 5.41) is 23.5. The minimum atomic E-state index is -0.664. The molecule has 3 N–H and O–H groups in total. The van der Waals surface area contributed by atoms with E-state index >= 15 is 0 Å². The van der Waals surface area contributed by atoms with Crippen LogP contribution >= 0.6 is 0 Å². The van der Waals surface area contributed by atoms with Gasteiger partial charge >= 0.3 is 5.97 Å². The predicted octanol–water partition coefficient (Wildman–Crippen LogP) is 26.4. The molecule has 0 rings (SSSR count). The predicted molar refractivity (Wildman–Crippen MR) is 384 cm³/mol. The fourth-order valence-corrected chi connectivity index (χ4v) is 12.9. The Bertz CT molecular complexity index is 1360. The number of aliphatic hydroxyl groups excluding tert-OH is 2. The lowest BCUT2D eigenvalue weighted by atomic mass is 10.0. The Balaban J connectivity index is 3.36. The van der Waals surface area contributed by atoms with Crippen molar-refractivity contribution in [3.8, 4) is 0 Å². The molecule has 2 atom stereocenters. The highest BCUT2D eigenvalue weighted by Crippen LogP contribution is 2.20. The normalized spacial score (nSPS) is 12.6. The summed E-state index contributed by atoms with van der Waals surface area (Å²) in [6.45, 7) is 4.99. The van der Waals surface area contributed by atoms with Gasteiger partial charge in [0.25, 0.3) is 0 Å². The molecule has 0 aliphatic rings. The van der Waals surface area contributed by atoms with Crippen molar-refractivity contribution in [2.45, 2.75) is 469 Å². The molecule has 0 aromatic heterocycles. The Morgan fingerprint density at radius 3 is 0.828 bits per heavy atom. The number of amides is 1. The lowest BCUT2D eigenvalue weighted by Gasteiger charge is -2.22. The average molecular weight is 1230 g/mol. The van der Waals surface area contributed by atoms with Crippen molar-refractivity contribution < 1.29 is 24.5 Å². The molecule has 87 heavy (non-hydrogen) atoms. The van der Waals surface area contributed by atoms with Crippen molar-refractivity contribution >= 4 is 11.9 Å². The summed E-state index contributed by atoms with van der Waals surface area (Å²) in [6, 6.07) is -0.541. The Kier molecular flexibility index (Phi) is 75.3. The van der Waals surface area contributed by atoms with Gasteiger partial charge in [-0.3, -0.25) is 9.59 Å². The summed E-state index contributed by atoms with van der Waals surface area (Å²) in [5.41, 5.74) is 0. The van der Waals surface area contributed by atoms with E-state index in [1.54, 1.807) is 0 Å². The fraction of sp³-hybridized carbons (Fsp3) is 0.926. The topological polar surface area (TPSA) is 95.9 Å². The molecule has 2 unspecified atom stereocenters. The molecule has 1 amide bonds. The number of carbonyl (C=O) groups is 2. The minimum Gasteiger partial charge on any atom is -0.466 e. The molecule has 0 aliphatic heterocycles. The molecule has 0 aliphatic carbocycles. The molecule has 0 aromatic rings. The zero-order chi connectivity index (χ0) is 62.8. The maximum atomic E-state index is 12.6. The van der Waals surface area contributed by atoms with Gasteiger partial charge in [-0.25, -0.2) is 0 Å². The van der Waals surface area contributed by atoms with E-state index in [1.165, 1.54) is 379 Å². The molecule has 0 bridgehead atoms. The van der Waals surface area contributed by atoms with E-state index in [-0.39, 0.29) is 18.5 Å². The number of ether oxygens (including phenoxy) is 1. The van der Waals surface area contributed by atoms with Crippen LogP contribution in [0.3, 0.4) is 0 Å². The molecule has 6 nitrogen and oxygen atoms in total. The molecule has 0 radical (unpaired) electrons. The maximum absolute atomic E-state index is 12.6. The third kappa shape index (κ3) is 73.3. The molecular weight excluding hydrogens is 1070 g/mol. The van der Waals surface area contributed by atoms with Crippen LogP contribution in [0.4, 0.5) is 0 Å². The van der Waals surface area contributed by atoms with Crippen molar-refractivity contribution in [3.63, 3.8) is 0 Å². The smallest absolute Gasteiger partial charge is 0.305 e. The summed E-state index contributed by atoms with van der Waals surface area (Å²) < 4.78 is 5.49. The number of esters is 1. The number of nitrogens with one attached hydrogen (secondary N) is 1. The van der Waals surface area contributed by atoms with E-state index < -0.39 is 12.1 Å². The van der Waals surface area contributed by atoms with E-state index in [9.17, 15) is 19.8 Å². The zero-order valence-corrected chi connectivity index (χ0v) is 59.3. The van der Waals surface area contributed by atoms with Crippen LogP contribution in [-0.2, 0) is 14.3 Å². The van der Waals surface area contributed by atoms with Crippen LogP contribution in [0.25, 0.3) is 0 Å². The van der Waals surface area contributed by atoms with Crippen LogP contribution in [0.5, 0.6) is 0 Å². The maximum Gasteiger partial charge on any atom is 0.305 e. The first-order valence-corrected chi connectivity index (χ1v) is 40.1. The molecular formula is C81H157NO5. The van der Waals surface area contributed by atoms with Crippen LogP contribution in [-0.4, -0.2) is 47.4 Å². The van der Waals surface area contributed by atoms with Gasteiger partial charge in [-0.2, -0.15) is 0 Å². The SMILES string of the molecule is CCCCCC/C=C\CCCCCCCC(=O)OCCCCCCCCCCCCCC/C=C\CCCCCCCCCCCCCCCCCCC(=O)NC(CO)C(O)CCCCCCCCCCCCCCCCCCCCCCCCCCC.